The van der Waals surface area contributed by atoms with Crippen LogP contribution in [0.1, 0.15) is 34.5 Å². The molecule has 2 aromatic rings. The van der Waals surface area contributed by atoms with Gasteiger partial charge in [0, 0.05) is 32.4 Å². The van der Waals surface area contributed by atoms with E-state index >= 15 is 0 Å². The zero-order valence-electron chi connectivity index (χ0n) is 18.4. The summed E-state index contributed by atoms with van der Waals surface area (Å²) in [6, 6.07) is 10.8. The third-order valence-corrected chi connectivity index (χ3v) is 9.40. The summed E-state index contributed by atoms with van der Waals surface area (Å²) in [5.74, 6) is 0.611. The van der Waals surface area contributed by atoms with Gasteiger partial charge in [0.15, 0.2) is 16.4 Å². The lowest BCUT2D eigenvalue weighted by Gasteiger charge is -2.39. The molecule has 0 atom stereocenters. The lowest BCUT2D eigenvalue weighted by atomic mass is 9.78. The Morgan fingerprint density at radius 3 is 2.31 bits per heavy atom. The van der Waals surface area contributed by atoms with Gasteiger partial charge in [-0.2, -0.15) is 0 Å². The number of ether oxygens (including phenoxy) is 1. The molecule has 1 aromatic heterocycles. The van der Waals surface area contributed by atoms with E-state index in [-0.39, 0.29) is 28.0 Å². The number of likely N-dealkylation sites (tertiary alicyclic amines) is 2. The maximum Gasteiger partial charge on any atom is 0.263 e. The number of thiophene rings is 1. The largest absolute Gasteiger partial charge is 0.484 e. The first-order valence-corrected chi connectivity index (χ1v) is 13.4. The zero-order chi connectivity index (χ0) is 22.9. The SMILES string of the molecule is Cc1ccccc1OCC(=O)N1CCC2(CC1)CCN(C(=O)c1ccc(S(C)(=O)=O)s1)C2. The van der Waals surface area contributed by atoms with Crippen molar-refractivity contribution in [1.82, 2.24) is 9.80 Å². The first-order valence-electron chi connectivity index (χ1n) is 10.7. The number of carbonyl (C=O) groups excluding carboxylic acids is 2. The maximum atomic E-state index is 12.9. The molecule has 0 unspecified atom stereocenters. The van der Waals surface area contributed by atoms with E-state index in [1.807, 2.05) is 41.0 Å². The van der Waals surface area contributed by atoms with Crippen LogP contribution in [0.5, 0.6) is 5.75 Å². The minimum absolute atomic E-state index is 0.0130. The lowest BCUT2D eigenvalue weighted by molar-refractivity contribution is -0.135. The number of hydrogen-bond donors (Lipinski definition) is 0. The molecule has 1 spiro atoms. The van der Waals surface area contributed by atoms with Crippen molar-refractivity contribution in [2.45, 2.75) is 30.4 Å². The molecular weight excluding hydrogens is 448 g/mol. The van der Waals surface area contributed by atoms with Crippen LogP contribution in [-0.2, 0) is 14.6 Å². The van der Waals surface area contributed by atoms with E-state index in [2.05, 4.69) is 0 Å². The smallest absolute Gasteiger partial charge is 0.263 e. The first-order chi connectivity index (χ1) is 15.2. The Morgan fingerprint density at radius 2 is 1.69 bits per heavy atom. The molecule has 0 N–H and O–H groups in total. The molecule has 0 aliphatic carbocycles. The van der Waals surface area contributed by atoms with Gasteiger partial charge in [-0.1, -0.05) is 18.2 Å². The topological polar surface area (TPSA) is 84.0 Å². The second kappa shape index (κ2) is 8.86. The van der Waals surface area contributed by atoms with Crippen molar-refractivity contribution in [1.29, 1.82) is 0 Å². The maximum absolute atomic E-state index is 12.9. The van der Waals surface area contributed by atoms with Gasteiger partial charge in [-0.15, -0.1) is 11.3 Å². The summed E-state index contributed by atoms with van der Waals surface area (Å²) in [4.78, 5) is 29.7. The Labute approximate surface area is 192 Å². The fourth-order valence-corrected chi connectivity index (χ4v) is 6.38. The molecule has 2 saturated heterocycles. The molecule has 1 aromatic carbocycles. The molecule has 2 amide bonds. The summed E-state index contributed by atoms with van der Waals surface area (Å²) in [5, 5.41) is 0. The van der Waals surface area contributed by atoms with Crippen LogP contribution in [-0.4, -0.2) is 69.1 Å². The highest BCUT2D eigenvalue weighted by atomic mass is 32.2. The summed E-state index contributed by atoms with van der Waals surface area (Å²) in [7, 11) is -3.31. The molecular formula is C23H28N2O5S2. The summed E-state index contributed by atoms with van der Waals surface area (Å²) >= 11 is 1.03. The van der Waals surface area contributed by atoms with Crippen LogP contribution >= 0.6 is 11.3 Å². The Bertz CT molecular complexity index is 1120. The number of carbonyl (C=O) groups is 2. The summed E-state index contributed by atoms with van der Waals surface area (Å²) in [6.07, 6.45) is 3.77. The first kappa shape index (κ1) is 22.8. The number of rotatable bonds is 5. The van der Waals surface area contributed by atoms with Crippen LogP contribution in [0.4, 0.5) is 0 Å². The summed E-state index contributed by atoms with van der Waals surface area (Å²) in [5.41, 5.74) is 1.03. The minimum Gasteiger partial charge on any atom is -0.484 e. The summed E-state index contributed by atoms with van der Waals surface area (Å²) < 4.78 is 29.3. The van der Waals surface area contributed by atoms with Crippen molar-refractivity contribution in [3.8, 4) is 5.75 Å². The number of sulfone groups is 1. The van der Waals surface area contributed by atoms with E-state index in [0.717, 1.165) is 48.2 Å². The number of amides is 2. The highest BCUT2D eigenvalue weighted by Gasteiger charge is 2.43. The van der Waals surface area contributed by atoms with E-state index in [9.17, 15) is 18.0 Å². The number of hydrogen-bond acceptors (Lipinski definition) is 6. The van der Waals surface area contributed by atoms with Gasteiger partial charge in [0.05, 0.1) is 4.88 Å². The van der Waals surface area contributed by atoms with Gasteiger partial charge >= 0.3 is 0 Å². The zero-order valence-corrected chi connectivity index (χ0v) is 20.0. The van der Waals surface area contributed by atoms with Crippen molar-refractivity contribution in [2.24, 2.45) is 5.41 Å². The van der Waals surface area contributed by atoms with Gasteiger partial charge < -0.3 is 14.5 Å². The third kappa shape index (κ3) is 4.83. The van der Waals surface area contributed by atoms with Gasteiger partial charge in [0.2, 0.25) is 0 Å². The fraction of sp³-hybridized carbons (Fsp3) is 0.478. The predicted octanol–water partition coefficient (Wildman–Crippen LogP) is 2.99. The molecule has 2 fully saturated rings. The van der Waals surface area contributed by atoms with Crippen LogP contribution in [0.15, 0.2) is 40.6 Å². The average molecular weight is 477 g/mol. The van der Waals surface area contributed by atoms with E-state index in [1.165, 1.54) is 6.07 Å². The van der Waals surface area contributed by atoms with Gasteiger partial charge in [-0.05, 0) is 55.4 Å². The minimum atomic E-state index is -3.31. The van der Waals surface area contributed by atoms with E-state index in [4.69, 9.17) is 4.74 Å². The molecule has 172 valence electrons. The number of piperidine rings is 1. The highest BCUT2D eigenvalue weighted by Crippen LogP contribution is 2.41. The van der Waals surface area contributed by atoms with Crippen molar-refractivity contribution >= 4 is 33.0 Å². The van der Waals surface area contributed by atoms with Crippen LogP contribution in [0.25, 0.3) is 0 Å². The van der Waals surface area contributed by atoms with Gasteiger partial charge in [0.1, 0.15) is 9.96 Å². The van der Waals surface area contributed by atoms with Crippen molar-refractivity contribution in [2.75, 3.05) is 39.0 Å². The van der Waals surface area contributed by atoms with Crippen LogP contribution in [0.3, 0.4) is 0 Å². The van der Waals surface area contributed by atoms with Gasteiger partial charge in [-0.3, -0.25) is 9.59 Å². The Hall–Kier alpha value is -2.39. The molecule has 0 bridgehead atoms. The van der Waals surface area contributed by atoms with E-state index in [0.29, 0.717) is 31.1 Å². The number of nitrogens with zero attached hydrogens (tertiary/aromatic N) is 2. The second-order valence-electron chi connectivity index (χ2n) is 8.80. The Morgan fingerprint density at radius 1 is 1.03 bits per heavy atom. The normalized spacial score (nSPS) is 18.2. The monoisotopic (exact) mass is 476 g/mol. The highest BCUT2D eigenvalue weighted by molar-refractivity contribution is 7.92. The van der Waals surface area contributed by atoms with Crippen LogP contribution in [0.2, 0.25) is 0 Å². The number of para-hydroxylation sites is 1. The molecule has 2 aliphatic heterocycles. The predicted molar refractivity (Wildman–Crippen MR) is 123 cm³/mol. The molecule has 0 radical (unpaired) electrons. The Balaban J connectivity index is 1.30. The number of aryl methyl sites for hydroxylation is 1. The summed E-state index contributed by atoms with van der Waals surface area (Å²) in [6.45, 7) is 4.62. The third-order valence-electron chi connectivity index (χ3n) is 6.50. The molecule has 4 rings (SSSR count). The number of benzene rings is 1. The van der Waals surface area contributed by atoms with Crippen LogP contribution in [0, 0.1) is 12.3 Å². The average Bonchev–Trinajstić information content (AvgIpc) is 3.41. The van der Waals surface area contributed by atoms with Crippen molar-refractivity contribution in [3.63, 3.8) is 0 Å². The quantitative estimate of drug-likeness (QED) is 0.663. The van der Waals surface area contributed by atoms with E-state index in [1.54, 1.807) is 6.07 Å². The molecule has 32 heavy (non-hydrogen) atoms. The van der Waals surface area contributed by atoms with Crippen LogP contribution < -0.4 is 4.74 Å². The van der Waals surface area contributed by atoms with Gasteiger partial charge in [-0.25, -0.2) is 8.42 Å². The van der Waals surface area contributed by atoms with Crippen molar-refractivity contribution < 1.29 is 22.7 Å². The molecule has 3 heterocycles. The Kier molecular flexibility index (Phi) is 6.31. The molecule has 2 aliphatic rings. The molecule has 0 saturated carbocycles. The standard InChI is InChI=1S/C23H28N2O5S2/c1-17-5-3-4-6-18(17)30-15-20(26)24-12-9-23(10-13-24)11-14-25(16-23)22(27)19-7-8-21(31-19)32(2,28)29/h3-8H,9-16H2,1-2H3. The molecule has 9 heteroatoms. The lowest BCUT2D eigenvalue weighted by Crippen LogP contribution is -2.46. The van der Waals surface area contributed by atoms with Crippen molar-refractivity contribution in [3.05, 3.63) is 46.8 Å². The molecule has 7 nitrogen and oxygen atoms in total. The van der Waals surface area contributed by atoms with Gasteiger partial charge in [0.25, 0.3) is 11.8 Å². The second-order valence-corrected chi connectivity index (χ2v) is 12.1. The van der Waals surface area contributed by atoms with E-state index < -0.39 is 9.84 Å². The fourth-order valence-electron chi connectivity index (χ4n) is 4.49.